The molecule has 8 nitrogen and oxygen atoms in total. The number of anilines is 1. The summed E-state index contributed by atoms with van der Waals surface area (Å²) in [4.78, 5) is 26.7. The summed E-state index contributed by atoms with van der Waals surface area (Å²) in [6, 6.07) is 0. The molecule has 2 aliphatic heterocycles. The molecule has 2 N–H and O–H groups in total. The number of aromatic nitrogens is 1. The third-order valence-electron chi connectivity index (χ3n) is 4.03. The van der Waals surface area contributed by atoms with Crippen LogP contribution in [0, 0.1) is 0 Å². The average molecular weight is 338 g/mol. The number of thiazole rings is 1. The lowest BCUT2D eigenvalue weighted by atomic mass is 10.3. The van der Waals surface area contributed by atoms with Crippen molar-refractivity contribution in [3.8, 4) is 0 Å². The number of nitrogens with two attached hydrogens (primary N) is 1. The molecule has 0 aromatic carbocycles. The van der Waals surface area contributed by atoms with Gasteiger partial charge in [-0.15, -0.1) is 11.3 Å². The zero-order chi connectivity index (χ0) is 16.1. The molecule has 1 amide bonds. The molecule has 3 heterocycles. The smallest absolute Gasteiger partial charge is 0.244 e. The molecule has 0 spiro atoms. The van der Waals surface area contributed by atoms with Crippen molar-refractivity contribution in [3.05, 3.63) is 11.6 Å². The molecular formula is C14H22N6O2S. The van der Waals surface area contributed by atoms with E-state index in [0.717, 1.165) is 31.3 Å². The first-order valence-electron chi connectivity index (χ1n) is 7.79. The molecule has 2 fully saturated rings. The van der Waals surface area contributed by atoms with Crippen LogP contribution in [0.5, 0.6) is 0 Å². The van der Waals surface area contributed by atoms with Crippen molar-refractivity contribution >= 4 is 28.3 Å². The SMILES string of the molecule is NC(=NCC(=O)N1CCOCC1)N1CCN(c2nccs2)CC1. The van der Waals surface area contributed by atoms with Crippen molar-refractivity contribution in [2.75, 3.05) is 63.9 Å². The van der Waals surface area contributed by atoms with E-state index in [1.807, 2.05) is 16.5 Å². The molecule has 3 rings (SSSR count). The first kappa shape index (κ1) is 16.0. The molecule has 0 saturated carbocycles. The number of amides is 1. The van der Waals surface area contributed by atoms with Gasteiger partial charge >= 0.3 is 0 Å². The van der Waals surface area contributed by atoms with E-state index in [9.17, 15) is 4.79 Å². The van der Waals surface area contributed by atoms with Crippen LogP contribution in [-0.2, 0) is 9.53 Å². The quantitative estimate of drug-likeness (QED) is 0.587. The summed E-state index contributed by atoms with van der Waals surface area (Å²) < 4.78 is 5.24. The summed E-state index contributed by atoms with van der Waals surface area (Å²) >= 11 is 1.64. The molecular weight excluding hydrogens is 316 g/mol. The van der Waals surface area contributed by atoms with Crippen LogP contribution in [0.4, 0.5) is 5.13 Å². The number of nitrogens with zero attached hydrogens (tertiary/aromatic N) is 5. The minimum Gasteiger partial charge on any atom is -0.378 e. The summed E-state index contributed by atoms with van der Waals surface area (Å²) in [5.41, 5.74) is 6.04. The Balaban J connectivity index is 1.46. The Kier molecular flexibility index (Phi) is 5.29. The predicted molar refractivity (Wildman–Crippen MR) is 89.8 cm³/mol. The fourth-order valence-electron chi connectivity index (χ4n) is 2.66. The first-order valence-corrected chi connectivity index (χ1v) is 8.67. The number of hydrogen-bond acceptors (Lipinski definition) is 6. The Labute approximate surface area is 139 Å². The predicted octanol–water partition coefficient (Wildman–Crippen LogP) is -0.561. The van der Waals surface area contributed by atoms with Crippen molar-refractivity contribution in [1.29, 1.82) is 0 Å². The van der Waals surface area contributed by atoms with Gasteiger partial charge in [-0.2, -0.15) is 0 Å². The van der Waals surface area contributed by atoms with Crippen molar-refractivity contribution < 1.29 is 9.53 Å². The van der Waals surface area contributed by atoms with Crippen molar-refractivity contribution in [2.24, 2.45) is 10.7 Å². The molecule has 2 saturated heterocycles. The molecule has 9 heteroatoms. The van der Waals surface area contributed by atoms with Gasteiger partial charge in [-0.1, -0.05) is 0 Å². The molecule has 0 aliphatic carbocycles. The molecule has 0 unspecified atom stereocenters. The van der Waals surface area contributed by atoms with E-state index in [2.05, 4.69) is 14.9 Å². The maximum atomic E-state index is 12.1. The van der Waals surface area contributed by atoms with Gasteiger partial charge in [0.15, 0.2) is 11.1 Å². The molecule has 1 aromatic rings. The van der Waals surface area contributed by atoms with Crippen molar-refractivity contribution in [1.82, 2.24) is 14.8 Å². The van der Waals surface area contributed by atoms with Gasteiger partial charge in [-0.3, -0.25) is 4.79 Å². The van der Waals surface area contributed by atoms with Crippen LogP contribution >= 0.6 is 11.3 Å². The zero-order valence-electron chi connectivity index (χ0n) is 13.1. The Bertz CT molecular complexity index is 535. The van der Waals surface area contributed by atoms with E-state index >= 15 is 0 Å². The summed E-state index contributed by atoms with van der Waals surface area (Å²) in [5.74, 6) is 0.461. The number of carbonyl (C=O) groups is 1. The fraction of sp³-hybridized carbons (Fsp3) is 0.643. The van der Waals surface area contributed by atoms with Crippen LogP contribution in [-0.4, -0.2) is 85.7 Å². The first-order chi connectivity index (χ1) is 11.2. The van der Waals surface area contributed by atoms with Gasteiger partial charge in [0.1, 0.15) is 6.54 Å². The number of aliphatic imine (C=N–C) groups is 1. The molecule has 0 atom stereocenters. The molecule has 0 radical (unpaired) electrons. The van der Waals surface area contributed by atoms with E-state index in [4.69, 9.17) is 10.5 Å². The minimum absolute atomic E-state index is 0.0117. The lowest BCUT2D eigenvalue weighted by Crippen LogP contribution is -2.51. The van der Waals surface area contributed by atoms with Crippen LogP contribution in [0.3, 0.4) is 0 Å². The van der Waals surface area contributed by atoms with Gasteiger partial charge in [-0.05, 0) is 0 Å². The standard InChI is InChI=1S/C14H22N6O2S/c15-13(17-11-12(21)18-6-8-22-9-7-18)19-2-4-20(5-3-19)14-16-1-10-23-14/h1,10H,2-9,11H2,(H2,15,17). The highest BCUT2D eigenvalue weighted by atomic mass is 32.1. The van der Waals surface area contributed by atoms with Crippen LogP contribution in [0.15, 0.2) is 16.6 Å². The Hall–Kier alpha value is -1.87. The molecule has 2 aliphatic rings. The Morgan fingerprint density at radius 3 is 2.61 bits per heavy atom. The monoisotopic (exact) mass is 338 g/mol. The highest BCUT2D eigenvalue weighted by molar-refractivity contribution is 7.13. The molecule has 126 valence electrons. The van der Waals surface area contributed by atoms with E-state index in [1.165, 1.54) is 0 Å². The maximum Gasteiger partial charge on any atom is 0.244 e. The van der Waals surface area contributed by atoms with Gasteiger partial charge < -0.3 is 25.2 Å². The summed E-state index contributed by atoms with van der Waals surface area (Å²) in [5, 5.41) is 3.03. The number of piperazine rings is 1. The van der Waals surface area contributed by atoms with Crippen LogP contribution < -0.4 is 10.6 Å². The Morgan fingerprint density at radius 2 is 1.96 bits per heavy atom. The van der Waals surface area contributed by atoms with E-state index < -0.39 is 0 Å². The number of guanidine groups is 1. The number of morpholine rings is 1. The number of hydrogen-bond donors (Lipinski definition) is 1. The zero-order valence-corrected chi connectivity index (χ0v) is 13.9. The molecule has 1 aromatic heterocycles. The Morgan fingerprint density at radius 1 is 1.22 bits per heavy atom. The summed E-state index contributed by atoms with van der Waals surface area (Å²) in [6.45, 7) is 5.90. The lowest BCUT2D eigenvalue weighted by Gasteiger charge is -2.35. The largest absolute Gasteiger partial charge is 0.378 e. The molecule has 0 bridgehead atoms. The summed E-state index contributed by atoms with van der Waals surface area (Å²) in [6.07, 6.45) is 1.82. The third-order valence-corrected chi connectivity index (χ3v) is 4.87. The minimum atomic E-state index is 0.0117. The van der Waals surface area contributed by atoms with Crippen LogP contribution in [0.25, 0.3) is 0 Å². The van der Waals surface area contributed by atoms with Crippen LogP contribution in [0.2, 0.25) is 0 Å². The van der Waals surface area contributed by atoms with Gasteiger partial charge in [-0.25, -0.2) is 9.98 Å². The van der Waals surface area contributed by atoms with Crippen molar-refractivity contribution in [2.45, 2.75) is 0 Å². The van der Waals surface area contributed by atoms with Crippen molar-refractivity contribution in [3.63, 3.8) is 0 Å². The van der Waals surface area contributed by atoms with Gasteiger partial charge in [0.25, 0.3) is 0 Å². The topological polar surface area (TPSA) is 87.3 Å². The van der Waals surface area contributed by atoms with E-state index in [-0.39, 0.29) is 12.5 Å². The number of rotatable bonds is 3. The number of carbonyl (C=O) groups excluding carboxylic acids is 1. The average Bonchev–Trinajstić information content (AvgIpc) is 3.15. The van der Waals surface area contributed by atoms with E-state index in [0.29, 0.717) is 32.3 Å². The van der Waals surface area contributed by atoms with E-state index in [1.54, 1.807) is 16.2 Å². The second-order valence-corrected chi connectivity index (χ2v) is 6.33. The molecule has 23 heavy (non-hydrogen) atoms. The summed E-state index contributed by atoms with van der Waals surface area (Å²) in [7, 11) is 0. The van der Waals surface area contributed by atoms with Gasteiger partial charge in [0, 0.05) is 50.8 Å². The highest BCUT2D eigenvalue weighted by Gasteiger charge is 2.21. The third kappa shape index (κ3) is 4.11. The fourth-order valence-corrected chi connectivity index (χ4v) is 3.36. The van der Waals surface area contributed by atoms with Gasteiger partial charge in [0.2, 0.25) is 5.91 Å². The number of ether oxygens (including phenoxy) is 1. The second kappa shape index (κ2) is 7.60. The van der Waals surface area contributed by atoms with Gasteiger partial charge in [0.05, 0.1) is 13.2 Å². The maximum absolute atomic E-state index is 12.1. The lowest BCUT2D eigenvalue weighted by molar-refractivity contribution is -0.133. The second-order valence-electron chi connectivity index (χ2n) is 5.46. The normalized spacial score (nSPS) is 20.0. The van der Waals surface area contributed by atoms with Crippen LogP contribution in [0.1, 0.15) is 0 Å². The highest BCUT2D eigenvalue weighted by Crippen LogP contribution is 2.18.